The van der Waals surface area contributed by atoms with E-state index in [2.05, 4.69) is 70.6 Å². The Kier molecular flexibility index (Phi) is 3.13. The van der Waals surface area contributed by atoms with Gasteiger partial charge in [-0.3, -0.25) is 0 Å². The van der Waals surface area contributed by atoms with Gasteiger partial charge in [0.05, 0.1) is 5.52 Å². The fourth-order valence-electron chi connectivity index (χ4n) is 2.74. The summed E-state index contributed by atoms with van der Waals surface area (Å²) in [5.74, 6) is 0. The Morgan fingerprint density at radius 1 is 0.636 bits per heavy atom. The molecule has 0 unspecified atom stereocenters. The first kappa shape index (κ1) is 12.7. The molecule has 0 bridgehead atoms. The maximum absolute atomic E-state index is 4.39. The van der Waals surface area contributed by atoms with E-state index >= 15 is 0 Å². The third kappa shape index (κ3) is 2.25. The van der Waals surface area contributed by atoms with Crippen molar-refractivity contribution >= 4 is 10.9 Å². The Bertz CT molecular complexity index is 838. The average Bonchev–Trinajstić information content (AvgIpc) is 2.62. The Hall–Kier alpha value is -3.00. The van der Waals surface area contributed by atoms with Crippen LogP contribution in [0, 0.1) is 0 Å². The summed E-state index contributed by atoms with van der Waals surface area (Å²) in [6.45, 7) is 0. The quantitative estimate of drug-likeness (QED) is 0.519. The highest BCUT2D eigenvalue weighted by Crippen LogP contribution is 2.34. The van der Waals surface area contributed by atoms with E-state index < -0.39 is 0 Å². The lowest BCUT2D eigenvalue weighted by molar-refractivity contribution is 1.22. The summed E-state index contributed by atoms with van der Waals surface area (Å²) in [6.07, 6.45) is 3.46. The van der Waals surface area contributed by atoms with Crippen LogP contribution in [0.4, 0.5) is 0 Å². The first-order valence-electron chi connectivity index (χ1n) is 7.26. The van der Waals surface area contributed by atoms with Crippen molar-refractivity contribution < 1.29 is 0 Å². The molecule has 0 amide bonds. The highest BCUT2D eigenvalue weighted by atomic mass is 14.8. The topological polar surface area (TPSA) is 25.8 Å². The van der Waals surface area contributed by atoms with Gasteiger partial charge in [-0.25, -0.2) is 9.97 Å². The Morgan fingerprint density at radius 3 is 1.86 bits per heavy atom. The van der Waals surface area contributed by atoms with Gasteiger partial charge in [-0.1, -0.05) is 60.7 Å². The van der Waals surface area contributed by atoms with Crippen LogP contribution in [0.25, 0.3) is 33.2 Å². The van der Waals surface area contributed by atoms with Gasteiger partial charge >= 0.3 is 0 Å². The van der Waals surface area contributed by atoms with Gasteiger partial charge in [0, 0.05) is 11.6 Å². The molecule has 0 aliphatic heterocycles. The fraction of sp³-hybridized carbons (Fsp3) is 0. The average molecular weight is 282 g/mol. The highest BCUT2D eigenvalue weighted by molar-refractivity contribution is 5.94. The lowest BCUT2D eigenvalue weighted by Crippen LogP contribution is -1.88. The van der Waals surface area contributed by atoms with Gasteiger partial charge in [-0.15, -0.1) is 0 Å². The van der Waals surface area contributed by atoms with E-state index in [1.807, 2.05) is 18.3 Å². The van der Waals surface area contributed by atoms with Crippen molar-refractivity contribution in [2.45, 2.75) is 0 Å². The maximum atomic E-state index is 4.39. The summed E-state index contributed by atoms with van der Waals surface area (Å²) in [7, 11) is 0. The minimum atomic E-state index is 0.966. The molecule has 22 heavy (non-hydrogen) atoms. The number of nitrogens with zero attached hydrogens (tertiary/aromatic N) is 2. The predicted octanol–water partition coefficient (Wildman–Crippen LogP) is 4.96. The molecule has 0 aliphatic carbocycles. The standard InChI is InChI=1S/C20H14N2/c1-3-7-15(8-4-1)18-11-17-13-21-14-22-20(17)12-19(18)16-9-5-2-6-10-16/h1-14H. The van der Waals surface area contributed by atoms with Crippen molar-refractivity contribution in [2.24, 2.45) is 0 Å². The van der Waals surface area contributed by atoms with Crippen molar-refractivity contribution in [3.05, 3.63) is 85.3 Å². The summed E-state index contributed by atoms with van der Waals surface area (Å²) in [5.41, 5.74) is 5.76. The van der Waals surface area contributed by atoms with Gasteiger partial charge in [0.2, 0.25) is 0 Å². The first-order valence-corrected chi connectivity index (χ1v) is 7.26. The van der Waals surface area contributed by atoms with Crippen LogP contribution in [0.2, 0.25) is 0 Å². The molecular weight excluding hydrogens is 268 g/mol. The van der Waals surface area contributed by atoms with Gasteiger partial charge in [-0.2, -0.15) is 0 Å². The smallest absolute Gasteiger partial charge is 0.116 e. The van der Waals surface area contributed by atoms with Gasteiger partial charge in [-0.05, 0) is 34.4 Å². The zero-order chi connectivity index (χ0) is 14.8. The molecule has 104 valence electrons. The molecular formula is C20H14N2. The molecule has 1 heterocycles. The first-order chi connectivity index (χ1) is 10.9. The van der Waals surface area contributed by atoms with E-state index in [1.165, 1.54) is 22.3 Å². The molecule has 0 fully saturated rings. The van der Waals surface area contributed by atoms with Crippen LogP contribution in [0.1, 0.15) is 0 Å². The van der Waals surface area contributed by atoms with E-state index in [0.29, 0.717) is 0 Å². The van der Waals surface area contributed by atoms with E-state index in [9.17, 15) is 0 Å². The van der Waals surface area contributed by atoms with E-state index in [1.54, 1.807) is 6.33 Å². The van der Waals surface area contributed by atoms with Gasteiger partial charge in [0.25, 0.3) is 0 Å². The number of benzene rings is 3. The molecule has 0 saturated heterocycles. The van der Waals surface area contributed by atoms with Crippen LogP contribution in [-0.2, 0) is 0 Å². The summed E-state index contributed by atoms with van der Waals surface area (Å²) in [6, 6.07) is 25.2. The van der Waals surface area contributed by atoms with E-state index in [4.69, 9.17) is 0 Å². The molecule has 0 radical (unpaired) electrons. The monoisotopic (exact) mass is 282 g/mol. The van der Waals surface area contributed by atoms with Crippen molar-refractivity contribution in [2.75, 3.05) is 0 Å². The highest BCUT2D eigenvalue weighted by Gasteiger charge is 2.09. The third-order valence-corrected chi connectivity index (χ3v) is 3.81. The van der Waals surface area contributed by atoms with Crippen molar-refractivity contribution in [1.29, 1.82) is 0 Å². The van der Waals surface area contributed by atoms with Crippen molar-refractivity contribution in [3.63, 3.8) is 0 Å². The van der Waals surface area contributed by atoms with Crippen LogP contribution in [0.15, 0.2) is 85.3 Å². The second-order valence-corrected chi connectivity index (χ2v) is 5.21. The van der Waals surface area contributed by atoms with Gasteiger partial charge in [0.15, 0.2) is 0 Å². The van der Waals surface area contributed by atoms with Crippen molar-refractivity contribution in [3.8, 4) is 22.3 Å². The third-order valence-electron chi connectivity index (χ3n) is 3.81. The summed E-state index contributed by atoms with van der Waals surface area (Å²) in [5, 5.41) is 1.06. The number of fused-ring (bicyclic) bond motifs is 1. The van der Waals surface area contributed by atoms with E-state index in [0.717, 1.165) is 10.9 Å². The maximum Gasteiger partial charge on any atom is 0.116 e. The molecule has 2 nitrogen and oxygen atoms in total. The molecule has 0 spiro atoms. The van der Waals surface area contributed by atoms with Crippen LogP contribution in [-0.4, -0.2) is 9.97 Å². The summed E-state index contributed by atoms with van der Waals surface area (Å²) in [4.78, 5) is 8.53. The second kappa shape index (κ2) is 5.41. The Balaban J connectivity index is 2.04. The molecule has 0 N–H and O–H groups in total. The van der Waals surface area contributed by atoms with Gasteiger partial charge in [0.1, 0.15) is 6.33 Å². The summed E-state index contributed by atoms with van der Waals surface area (Å²) >= 11 is 0. The van der Waals surface area contributed by atoms with Crippen LogP contribution >= 0.6 is 0 Å². The largest absolute Gasteiger partial charge is 0.244 e. The molecule has 4 aromatic rings. The van der Waals surface area contributed by atoms with Crippen LogP contribution in [0.3, 0.4) is 0 Å². The number of rotatable bonds is 2. The molecule has 2 heteroatoms. The lowest BCUT2D eigenvalue weighted by atomic mass is 9.93. The lowest BCUT2D eigenvalue weighted by Gasteiger charge is -2.12. The minimum Gasteiger partial charge on any atom is -0.244 e. The van der Waals surface area contributed by atoms with Crippen molar-refractivity contribution in [1.82, 2.24) is 9.97 Å². The number of aromatic nitrogens is 2. The Morgan fingerprint density at radius 2 is 1.23 bits per heavy atom. The fourth-order valence-corrected chi connectivity index (χ4v) is 2.74. The SMILES string of the molecule is c1ccc(-c2cc3cncnc3cc2-c2ccccc2)cc1. The minimum absolute atomic E-state index is 0.966. The van der Waals surface area contributed by atoms with Gasteiger partial charge < -0.3 is 0 Å². The van der Waals surface area contributed by atoms with E-state index in [-0.39, 0.29) is 0 Å². The molecule has 1 aromatic heterocycles. The van der Waals surface area contributed by atoms with Crippen LogP contribution < -0.4 is 0 Å². The number of hydrogen-bond acceptors (Lipinski definition) is 2. The Labute approximate surface area is 129 Å². The molecule has 0 atom stereocenters. The zero-order valence-electron chi connectivity index (χ0n) is 12.0. The normalized spacial score (nSPS) is 10.7. The molecule has 0 saturated carbocycles. The molecule has 4 rings (SSSR count). The zero-order valence-corrected chi connectivity index (χ0v) is 12.0. The second-order valence-electron chi connectivity index (χ2n) is 5.21. The predicted molar refractivity (Wildman–Crippen MR) is 90.4 cm³/mol. The molecule has 0 aliphatic rings. The summed E-state index contributed by atoms with van der Waals surface area (Å²) < 4.78 is 0. The number of hydrogen-bond donors (Lipinski definition) is 0. The van der Waals surface area contributed by atoms with Crippen LogP contribution in [0.5, 0.6) is 0 Å². The molecule has 3 aromatic carbocycles.